The zero-order chi connectivity index (χ0) is 13.1. The van der Waals surface area contributed by atoms with E-state index < -0.39 is 4.92 Å². The minimum Gasteiger partial charge on any atom is -0.394 e. The van der Waals surface area contributed by atoms with E-state index in [2.05, 4.69) is 9.97 Å². The van der Waals surface area contributed by atoms with Crippen LogP contribution in [0.15, 0.2) is 40.5 Å². The maximum atomic E-state index is 10.9. The number of nitrogen functional groups attached to an aromatic ring is 1. The number of nitro groups is 1. The molecule has 0 aliphatic carbocycles. The van der Waals surface area contributed by atoms with Gasteiger partial charge in [-0.2, -0.15) is 0 Å². The van der Waals surface area contributed by atoms with Crippen LogP contribution in [0.1, 0.15) is 0 Å². The van der Waals surface area contributed by atoms with Gasteiger partial charge >= 0.3 is 0 Å². The summed E-state index contributed by atoms with van der Waals surface area (Å²) in [5, 5.41) is 11.4. The van der Waals surface area contributed by atoms with Crippen LogP contribution in [0.25, 0.3) is 0 Å². The van der Waals surface area contributed by atoms with Gasteiger partial charge in [0.1, 0.15) is 17.0 Å². The first kappa shape index (κ1) is 12.6. The van der Waals surface area contributed by atoms with Crippen molar-refractivity contribution < 1.29 is 4.92 Å². The largest absolute Gasteiger partial charge is 0.394 e. The van der Waals surface area contributed by atoms with E-state index in [4.69, 9.17) is 17.3 Å². The summed E-state index contributed by atoms with van der Waals surface area (Å²) >= 11 is 6.84. The highest BCUT2D eigenvalue weighted by molar-refractivity contribution is 7.99. The highest BCUT2D eigenvalue weighted by Gasteiger charge is 2.16. The van der Waals surface area contributed by atoms with Crippen LogP contribution in [0.5, 0.6) is 0 Å². The molecule has 0 amide bonds. The van der Waals surface area contributed by atoms with E-state index in [1.54, 1.807) is 18.2 Å². The van der Waals surface area contributed by atoms with E-state index in [-0.39, 0.29) is 16.5 Å². The molecule has 0 atom stereocenters. The van der Waals surface area contributed by atoms with E-state index in [9.17, 15) is 10.1 Å². The van der Waals surface area contributed by atoms with Gasteiger partial charge in [-0.1, -0.05) is 35.5 Å². The van der Waals surface area contributed by atoms with Crippen LogP contribution in [0.2, 0.25) is 5.15 Å². The van der Waals surface area contributed by atoms with Gasteiger partial charge in [0.2, 0.25) is 0 Å². The molecule has 1 aromatic carbocycles. The van der Waals surface area contributed by atoms with Crippen molar-refractivity contribution in [2.45, 2.75) is 9.92 Å². The normalized spacial score (nSPS) is 10.3. The van der Waals surface area contributed by atoms with Crippen LogP contribution in [0.3, 0.4) is 0 Å². The van der Waals surface area contributed by atoms with E-state index in [1.807, 2.05) is 0 Å². The molecule has 2 aromatic rings. The lowest BCUT2D eigenvalue weighted by atomic mass is 10.3. The maximum Gasteiger partial charge on any atom is 0.283 e. The summed E-state index contributed by atoms with van der Waals surface area (Å²) in [4.78, 5) is 18.5. The molecule has 2 N–H and O–H groups in total. The molecule has 0 fully saturated rings. The number of rotatable bonds is 3. The van der Waals surface area contributed by atoms with E-state index in [1.165, 1.54) is 12.4 Å². The highest BCUT2D eigenvalue weighted by atomic mass is 35.5. The molecule has 0 bridgehead atoms. The van der Waals surface area contributed by atoms with Crippen molar-refractivity contribution in [2.75, 3.05) is 5.73 Å². The molecule has 0 aliphatic rings. The van der Waals surface area contributed by atoms with Crippen molar-refractivity contribution in [1.82, 2.24) is 9.97 Å². The maximum absolute atomic E-state index is 10.9. The molecule has 2 rings (SSSR count). The molecule has 6 nitrogen and oxygen atoms in total. The summed E-state index contributed by atoms with van der Waals surface area (Å²) in [7, 11) is 0. The Hall–Kier alpha value is -1.86. The Labute approximate surface area is 111 Å². The first-order valence-electron chi connectivity index (χ1n) is 4.77. The number of anilines is 1. The van der Waals surface area contributed by atoms with Crippen LogP contribution in [0.4, 0.5) is 11.4 Å². The zero-order valence-corrected chi connectivity index (χ0v) is 10.5. The number of nitrogens with zero attached hydrogens (tertiary/aromatic N) is 3. The fraction of sp³-hybridized carbons (Fsp3) is 0. The summed E-state index contributed by atoms with van der Waals surface area (Å²) in [6.45, 7) is 0. The first-order valence-corrected chi connectivity index (χ1v) is 5.96. The van der Waals surface area contributed by atoms with Gasteiger partial charge < -0.3 is 5.73 Å². The fourth-order valence-corrected chi connectivity index (χ4v) is 2.34. The SMILES string of the molecule is Nc1c(Cl)ncnc1Sc1ccccc1[N+](=O)[O-]. The number of para-hydroxylation sites is 1. The standard InChI is InChI=1S/C10H7ClN4O2S/c11-9-8(12)10(14-5-13-9)18-7-4-2-1-3-6(7)15(16)17/h1-5H,12H2. The van der Waals surface area contributed by atoms with Crippen molar-refractivity contribution in [1.29, 1.82) is 0 Å². The molecule has 0 spiro atoms. The molecule has 0 saturated carbocycles. The average molecular weight is 283 g/mol. The van der Waals surface area contributed by atoms with Crippen LogP contribution in [-0.2, 0) is 0 Å². The van der Waals surface area contributed by atoms with Crippen LogP contribution >= 0.6 is 23.4 Å². The Kier molecular flexibility index (Phi) is 3.63. The summed E-state index contributed by atoms with van der Waals surface area (Å²) in [6, 6.07) is 6.34. The summed E-state index contributed by atoms with van der Waals surface area (Å²) in [6.07, 6.45) is 1.26. The fourth-order valence-electron chi connectivity index (χ4n) is 1.24. The van der Waals surface area contributed by atoms with Gasteiger partial charge in [0.05, 0.1) is 9.82 Å². The van der Waals surface area contributed by atoms with Crippen molar-refractivity contribution in [3.05, 3.63) is 45.9 Å². The molecule has 8 heteroatoms. The minimum absolute atomic E-state index is 0.00312. The number of aromatic nitrogens is 2. The number of hydrogen-bond donors (Lipinski definition) is 1. The van der Waals surface area contributed by atoms with Gasteiger partial charge in [-0.05, 0) is 6.07 Å². The third-order valence-electron chi connectivity index (χ3n) is 2.07. The third-order valence-corrected chi connectivity index (χ3v) is 3.45. The van der Waals surface area contributed by atoms with Crippen LogP contribution in [-0.4, -0.2) is 14.9 Å². The molecule has 92 valence electrons. The third kappa shape index (κ3) is 2.52. The van der Waals surface area contributed by atoms with Gasteiger partial charge in [-0.3, -0.25) is 10.1 Å². The van der Waals surface area contributed by atoms with Crippen molar-refractivity contribution in [3.63, 3.8) is 0 Å². The topological polar surface area (TPSA) is 94.9 Å². The second-order valence-corrected chi connectivity index (χ2v) is 4.60. The molecule has 0 radical (unpaired) electrons. The number of halogens is 1. The molecular weight excluding hydrogens is 276 g/mol. The number of nitro benzene ring substituents is 1. The Morgan fingerprint density at radius 1 is 1.33 bits per heavy atom. The quantitative estimate of drug-likeness (QED) is 0.528. The lowest BCUT2D eigenvalue weighted by molar-refractivity contribution is -0.387. The van der Waals surface area contributed by atoms with Gasteiger partial charge in [0.25, 0.3) is 5.69 Å². The summed E-state index contributed by atoms with van der Waals surface area (Å²) in [5.41, 5.74) is 5.92. The first-order chi connectivity index (χ1) is 8.59. The molecule has 0 saturated heterocycles. The number of benzene rings is 1. The van der Waals surface area contributed by atoms with Gasteiger partial charge in [-0.15, -0.1) is 0 Å². The molecule has 1 heterocycles. The Bertz CT molecular complexity index is 608. The van der Waals surface area contributed by atoms with E-state index in [0.717, 1.165) is 11.8 Å². The smallest absolute Gasteiger partial charge is 0.283 e. The molecular formula is C10H7ClN4O2S. The molecule has 0 unspecified atom stereocenters. The molecule has 0 aliphatic heterocycles. The second kappa shape index (κ2) is 5.19. The van der Waals surface area contributed by atoms with E-state index in [0.29, 0.717) is 9.92 Å². The summed E-state index contributed by atoms with van der Waals surface area (Å²) < 4.78 is 0. The zero-order valence-electron chi connectivity index (χ0n) is 8.91. The lowest BCUT2D eigenvalue weighted by Gasteiger charge is -2.05. The van der Waals surface area contributed by atoms with E-state index >= 15 is 0 Å². The van der Waals surface area contributed by atoms with Crippen LogP contribution < -0.4 is 5.73 Å². The highest BCUT2D eigenvalue weighted by Crippen LogP contribution is 2.37. The van der Waals surface area contributed by atoms with Gasteiger partial charge in [-0.25, -0.2) is 9.97 Å². The van der Waals surface area contributed by atoms with Crippen molar-refractivity contribution >= 4 is 34.7 Å². The second-order valence-electron chi connectivity index (χ2n) is 3.21. The Balaban J connectivity index is 2.40. The Morgan fingerprint density at radius 2 is 2.06 bits per heavy atom. The molecule has 1 aromatic heterocycles. The number of nitrogens with two attached hydrogens (primary N) is 1. The Morgan fingerprint density at radius 3 is 2.78 bits per heavy atom. The number of hydrogen-bond acceptors (Lipinski definition) is 6. The van der Waals surface area contributed by atoms with Gasteiger partial charge in [0, 0.05) is 6.07 Å². The van der Waals surface area contributed by atoms with Crippen molar-refractivity contribution in [2.24, 2.45) is 0 Å². The average Bonchev–Trinajstić information content (AvgIpc) is 2.35. The molecule has 18 heavy (non-hydrogen) atoms. The lowest BCUT2D eigenvalue weighted by Crippen LogP contribution is -1.96. The predicted molar refractivity (Wildman–Crippen MR) is 68.7 cm³/mol. The minimum atomic E-state index is -0.457. The predicted octanol–water partition coefficient (Wildman–Crippen LogP) is 2.77. The van der Waals surface area contributed by atoms with Gasteiger partial charge in [0.15, 0.2) is 5.15 Å². The monoisotopic (exact) mass is 282 g/mol. The summed E-state index contributed by atoms with van der Waals surface area (Å²) in [5.74, 6) is 0. The van der Waals surface area contributed by atoms with Crippen molar-refractivity contribution in [3.8, 4) is 0 Å². The van der Waals surface area contributed by atoms with Crippen LogP contribution in [0, 0.1) is 10.1 Å².